The first-order valence-corrected chi connectivity index (χ1v) is 7.30. The summed E-state index contributed by atoms with van der Waals surface area (Å²) in [5.74, 6) is 2.07. The predicted octanol–water partition coefficient (Wildman–Crippen LogP) is 3.77. The lowest BCUT2D eigenvalue weighted by Crippen LogP contribution is -1.84. The number of aromatic hydroxyl groups is 1. The molecule has 0 amide bonds. The van der Waals surface area contributed by atoms with E-state index in [0.29, 0.717) is 12.3 Å². The summed E-state index contributed by atoms with van der Waals surface area (Å²) in [5, 5.41) is 9.10. The SMILES string of the molecule is CCP(=O)(C=Cc1ccc(O)cc1)CC. The van der Waals surface area contributed by atoms with E-state index in [1.807, 2.05) is 37.9 Å². The van der Waals surface area contributed by atoms with Crippen LogP contribution in [0, 0.1) is 0 Å². The maximum atomic E-state index is 12.1. The zero-order valence-electron chi connectivity index (χ0n) is 9.18. The van der Waals surface area contributed by atoms with Crippen LogP contribution in [0.5, 0.6) is 5.75 Å². The number of phenols is 1. The molecule has 0 aliphatic rings. The van der Waals surface area contributed by atoms with Crippen molar-refractivity contribution in [3.63, 3.8) is 0 Å². The second-order valence-electron chi connectivity index (χ2n) is 3.49. The Bertz CT molecular complexity index is 371. The third kappa shape index (κ3) is 3.56. The Hall–Kier alpha value is -1.01. The van der Waals surface area contributed by atoms with Gasteiger partial charge in [-0.3, -0.25) is 0 Å². The number of benzene rings is 1. The van der Waals surface area contributed by atoms with Crippen molar-refractivity contribution in [1.29, 1.82) is 0 Å². The predicted molar refractivity (Wildman–Crippen MR) is 65.8 cm³/mol. The van der Waals surface area contributed by atoms with Gasteiger partial charge in [0, 0.05) is 12.3 Å². The molecule has 2 nitrogen and oxygen atoms in total. The lowest BCUT2D eigenvalue weighted by atomic mass is 10.2. The minimum atomic E-state index is -2.10. The van der Waals surface area contributed by atoms with Gasteiger partial charge in [-0.05, 0) is 23.5 Å². The van der Waals surface area contributed by atoms with Gasteiger partial charge in [-0.1, -0.05) is 32.1 Å². The van der Waals surface area contributed by atoms with E-state index < -0.39 is 7.14 Å². The Balaban J connectivity index is 2.81. The molecule has 0 aliphatic heterocycles. The topological polar surface area (TPSA) is 37.3 Å². The summed E-state index contributed by atoms with van der Waals surface area (Å²) in [4.78, 5) is 0. The summed E-state index contributed by atoms with van der Waals surface area (Å²) in [7, 11) is -2.10. The summed E-state index contributed by atoms with van der Waals surface area (Å²) in [6, 6.07) is 6.87. The third-order valence-electron chi connectivity index (χ3n) is 2.50. The highest BCUT2D eigenvalue weighted by Crippen LogP contribution is 2.46. The number of hydrogen-bond donors (Lipinski definition) is 1. The molecule has 82 valence electrons. The molecule has 0 saturated heterocycles. The molecule has 1 N–H and O–H groups in total. The molecule has 0 atom stereocenters. The van der Waals surface area contributed by atoms with Crippen LogP contribution in [0.2, 0.25) is 0 Å². The molecule has 0 aliphatic carbocycles. The van der Waals surface area contributed by atoms with E-state index in [1.165, 1.54) is 0 Å². The van der Waals surface area contributed by atoms with Crippen LogP contribution in [-0.2, 0) is 4.57 Å². The highest BCUT2D eigenvalue weighted by atomic mass is 31.2. The molecule has 15 heavy (non-hydrogen) atoms. The van der Waals surface area contributed by atoms with Gasteiger partial charge >= 0.3 is 0 Å². The average molecular weight is 224 g/mol. The molecule has 0 bridgehead atoms. The van der Waals surface area contributed by atoms with Gasteiger partial charge in [0.25, 0.3) is 0 Å². The summed E-state index contributed by atoms with van der Waals surface area (Å²) >= 11 is 0. The fourth-order valence-corrected chi connectivity index (χ4v) is 2.55. The smallest absolute Gasteiger partial charge is 0.115 e. The van der Waals surface area contributed by atoms with Gasteiger partial charge < -0.3 is 9.67 Å². The molecule has 3 heteroatoms. The summed E-state index contributed by atoms with van der Waals surface area (Å²) < 4.78 is 12.1. The minimum Gasteiger partial charge on any atom is -0.508 e. The average Bonchev–Trinajstić information content (AvgIpc) is 2.28. The highest BCUT2D eigenvalue weighted by molar-refractivity contribution is 7.67. The largest absolute Gasteiger partial charge is 0.508 e. The van der Waals surface area contributed by atoms with E-state index in [-0.39, 0.29) is 5.75 Å². The quantitative estimate of drug-likeness (QED) is 0.790. The first-order chi connectivity index (χ1) is 7.09. The molecule has 1 aromatic rings. The molecular formula is C12H17O2P. The van der Waals surface area contributed by atoms with Crippen LogP contribution >= 0.6 is 7.14 Å². The second-order valence-corrected chi connectivity index (χ2v) is 6.96. The van der Waals surface area contributed by atoms with Gasteiger partial charge in [0.05, 0.1) is 0 Å². The fourth-order valence-electron chi connectivity index (χ4n) is 1.24. The van der Waals surface area contributed by atoms with Crippen LogP contribution in [0.1, 0.15) is 19.4 Å². The molecular weight excluding hydrogens is 207 g/mol. The van der Waals surface area contributed by atoms with Crippen LogP contribution in [0.25, 0.3) is 6.08 Å². The summed E-state index contributed by atoms with van der Waals surface area (Å²) in [6.45, 7) is 3.90. The normalized spacial score (nSPS) is 12.1. The molecule has 0 aromatic heterocycles. The van der Waals surface area contributed by atoms with Crippen molar-refractivity contribution in [1.82, 2.24) is 0 Å². The Kier molecular flexibility index (Phi) is 4.16. The van der Waals surface area contributed by atoms with Crippen molar-refractivity contribution < 1.29 is 9.67 Å². The summed E-state index contributed by atoms with van der Waals surface area (Å²) in [5.41, 5.74) is 0.968. The zero-order chi connectivity index (χ0) is 11.3. The van der Waals surface area contributed by atoms with Crippen molar-refractivity contribution in [3.8, 4) is 5.75 Å². The Morgan fingerprint density at radius 3 is 2.20 bits per heavy atom. The van der Waals surface area contributed by atoms with E-state index >= 15 is 0 Å². The van der Waals surface area contributed by atoms with Crippen LogP contribution in [-0.4, -0.2) is 17.4 Å². The first kappa shape index (κ1) is 12.1. The van der Waals surface area contributed by atoms with E-state index in [9.17, 15) is 4.57 Å². The Labute approximate surface area is 91.0 Å². The summed E-state index contributed by atoms with van der Waals surface area (Å²) in [6.07, 6.45) is 3.28. The molecule has 0 heterocycles. The monoisotopic (exact) mass is 224 g/mol. The fraction of sp³-hybridized carbons (Fsp3) is 0.333. The lowest BCUT2D eigenvalue weighted by Gasteiger charge is -2.07. The molecule has 0 radical (unpaired) electrons. The number of hydrogen-bond acceptors (Lipinski definition) is 2. The number of rotatable bonds is 4. The Morgan fingerprint density at radius 1 is 1.20 bits per heavy atom. The van der Waals surface area contributed by atoms with Crippen molar-refractivity contribution in [2.75, 3.05) is 12.3 Å². The molecule has 1 aromatic carbocycles. The highest BCUT2D eigenvalue weighted by Gasteiger charge is 2.11. The maximum absolute atomic E-state index is 12.1. The van der Waals surface area contributed by atoms with E-state index in [0.717, 1.165) is 5.56 Å². The molecule has 1 rings (SSSR count). The van der Waals surface area contributed by atoms with Gasteiger partial charge in [0.1, 0.15) is 12.9 Å². The molecule has 0 unspecified atom stereocenters. The van der Waals surface area contributed by atoms with Crippen molar-refractivity contribution >= 4 is 13.2 Å². The van der Waals surface area contributed by atoms with Crippen LogP contribution < -0.4 is 0 Å². The van der Waals surface area contributed by atoms with Crippen molar-refractivity contribution in [2.45, 2.75) is 13.8 Å². The van der Waals surface area contributed by atoms with Crippen molar-refractivity contribution in [3.05, 3.63) is 35.6 Å². The van der Waals surface area contributed by atoms with Gasteiger partial charge in [-0.2, -0.15) is 0 Å². The standard InChI is InChI=1S/C12H17O2P/c1-3-15(14,4-2)10-9-11-5-7-12(13)8-6-11/h5-10,13H,3-4H2,1-2H3. The molecule has 0 spiro atoms. The van der Waals surface area contributed by atoms with Gasteiger partial charge in [0.15, 0.2) is 0 Å². The van der Waals surface area contributed by atoms with Crippen LogP contribution in [0.3, 0.4) is 0 Å². The molecule has 0 fully saturated rings. The zero-order valence-corrected chi connectivity index (χ0v) is 10.1. The van der Waals surface area contributed by atoms with Crippen LogP contribution in [0.15, 0.2) is 30.1 Å². The third-order valence-corrected chi connectivity index (χ3v) is 5.34. The van der Waals surface area contributed by atoms with Gasteiger partial charge in [0.2, 0.25) is 0 Å². The minimum absolute atomic E-state index is 0.251. The lowest BCUT2D eigenvalue weighted by molar-refractivity contribution is 0.475. The van der Waals surface area contributed by atoms with Crippen LogP contribution in [0.4, 0.5) is 0 Å². The van der Waals surface area contributed by atoms with E-state index in [2.05, 4.69) is 0 Å². The van der Waals surface area contributed by atoms with E-state index in [1.54, 1.807) is 12.1 Å². The second kappa shape index (κ2) is 5.18. The maximum Gasteiger partial charge on any atom is 0.115 e. The molecule has 0 saturated carbocycles. The first-order valence-electron chi connectivity index (χ1n) is 5.15. The number of phenolic OH excluding ortho intramolecular Hbond substituents is 1. The Morgan fingerprint density at radius 2 is 1.73 bits per heavy atom. The van der Waals surface area contributed by atoms with Crippen molar-refractivity contribution in [2.24, 2.45) is 0 Å². The van der Waals surface area contributed by atoms with Gasteiger partial charge in [-0.25, -0.2) is 0 Å². The van der Waals surface area contributed by atoms with Gasteiger partial charge in [-0.15, -0.1) is 0 Å². The van der Waals surface area contributed by atoms with E-state index in [4.69, 9.17) is 5.11 Å².